The minimum absolute atomic E-state index is 0.0193. The van der Waals surface area contributed by atoms with Crippen molar-refractivity contribution in [2.75, 3.05) is 0 Å². The van der Waals surface area contributed by atoms with E-state index in [-0.39, 0.29) is 12.2 Å². The highest BCUT2D eigenvalue weighted by molar-refractivity contribution is 5.43. The summed E-state index contributed by atoms with van der Waals surface area (Å²) in [5, 5.41) is 10.8. The Labute approximate surface area is 121 Å². The van der Waals surface area contributed by atoms with Crippen molar-refractivity contribution in [2.45, 2.75) is 32.0 Å². The molecule has 1 aliphatic carbocycles. The van der Waals surface area contributed by atoms with Gasteiger partial charge < -0.3 is 15.0 Å². The minimum atomic E-state index is -0.439. The van der Waals surface area contributed by atoms with Crippen LogP contribution in [-0.4, -0.2) is 14.5 Å². The molecule has 110 valence electrons. The Bertz CT molecular complexity index is 664. The quantitative estimate of drug-likeness (QED) is 0.649. The van der Waals surface area contributed by atoms with Crippen molar-refractivity contribution in [1.82, 2.24) is 9.55 Å². The molecule has 0 spiro atoms. The first-order valence-electron chi connectivity index (χ1n) is 6.80. The summed E-state index contributed by atoms with van der Waals surface area (Å²) in [6.07, 6.45) is 5.95. The third-order valence-corrected chi connectivity index (χ3v) is 3.54. The van der Waals surface area contributed by atoms with Crippen LogP contribution >= 0.6 is 0 Å². The fourth-order valence-corrected chi connectivity index (χ4v) is 2.26. The van der Waals surface area contributed by atoms with Gasteiger partial charge in [-0.15, -0.1) is 0 Å². The van der Waals surface area contributed by atoms with Crippen LogP contribution in [0.4, 0.5) is 5.69 Å². The standard InChI is InChI=1S/C14H16N4O3/c15-6-10-5-12(18(19)20)3-4-14(10)21-8-13-7-16-9-17(13)11-1-2-11/h3-5,7,9,11H,1-2,6,8,15H2. The van der Waals surface area contributed by atoms with Gasteiger partial charge in [0.1, 0.15) is 12.4 Å². The van der Waals surface area contributed by atoms with Crippen LogP contribution in [0, 0.1) is 10.1 Å². The number of non-ortho nitro benzene ring substituents is 1. The molecule has 7 nitrogen and oxygen atoms in total. The number of ether oxygens (including phenoxy) is 1. The monoisotopic (exact) mass is 288 g/mol. The fraction of sp³-hybridized carbons (Fsp3) is 0.357. The maximum Gasteiger partial charge on any atom is 0.270 e. The lowest BCUT2D eigenvalue weighted by Gasteiger charge is -2.11. The van der Waals surface area contributed by atoms with Crippen molar-refractivity contribution in [1.29, 1.82) is 0 Å². The number of rotatable bonds is 6. The van der Waals surface area contributed by atoms with E-state index in [0.29, 0.717) is 24.0 Å². The van der Waals surface area contributed by atoms with E-state index in [0.717, 1.165) is 5.69 Å². The number of nitro benzene ring substituents is 1. The van der Waals surface area contributed by atoms with Gasteiger partial charge in [-0.05, 0) is 18.9 Å². The van der Waals surface area contributed by atoms with Gasteiger partial charge in [0.15, 0.2) is 0 Å². The van der Waals surface area contributed by atoms with Gasteiger partial charge in [-0.25, -0.2) is 4.98 Å². The predicted octanol–water partition coefficient (Wildman–Crippen LogP) is 2.16. The Morgan fingerprint density at radius 1 is 1.48 bits per heavy atom. The molecule has 2 aromatic rings. The average molecular weight is 288 g/mol. The van der Waals surface area contributed by atoms with Crippen molar-refractivity contribution in [3.63, 3.8) is 0 Å². The number of imidazole rings is 1. The lowest BCUT2D eigenvalue weighted by Crippen LogP contribution is -2.06. The van der Waals surface area contributed by atoms with Gasteiger partial charge in [0.25, 0.3) is 5.69 Å². The first-order chi connectivity index (χ1) is 10.2. The van der Waals surface area contributed by atoms with E-state index in [1.54, 1.807) is 12.3 Å². The summed E-state index contributed by atoms with van der Waals surface area (Å²) in [6, 6.07) is 5.01. The number of aromatic nitrogens is 2. The predicted molar refractivity (Wildman–Crippen MR) is 75.8 cm³/mol. The second kappa shape index (κ2) is 5.53. The van der Waals surface area contributed by atoms with Crippen molar-refractivity contribution in [3.8, 4) is 5.75 Å². The molecule has 1 fully saturated rings. The Balaban J connectivity index is 1.75. The second-order valence-corrected chi connectivity index (χ2v) is 5.07. The molecule has 1 aromatic carbocycles. The zero-order valence-corrected chi connectivity index (χ0v) is 11.4. The second-order valence-electron chi connectivity index (χ2n) is 5.07. The van der Waals surface area contributed by atoms with E-state index in [1.807, 2.05) is 6.33 Å². The average Bonchev–Trinajstić information content (AvgIpc) is 3.23. The summed E-state index contributed by atoms with van der Waals surface area (Å²) in [4.78, 5) is 14.5. The van der Waals surface area contributed by atoms with E-state index in [4.69, 9.17) is 10.5 Å². The zero-order valence-electron chi connectivity index (χ0n) is 11.4. The van der Waals surface area contributed by atoms with Crippen LogP contribution in [0.5, 0.6) is 5.75 Å². The maximum absolute atomic E-state index is 10.8. The summed E-state index contributed by atoms with van der Waals surface area (Å²) in [5.41, 5.74) is 7.28. The van der Waals surface area contributed by atoms with E-state index in [9.17, 15) is 10.1 Å². The number of nitrogens with two attached hydrogens (primary N) is 1. The number of nitro groups is 1. The molecule has 0 atom stereocenters. The molecule has 0 amide bonds. The van der Waals surface area contributed by atoms with Crippen LogP contribution in [0.1, 0.15) is 30.1 Å². The first-order valence-corrected chi connectivity index (χ1v) is 6.80. The molecule has 0 aliphatic heterocycles. The molecular weight excluding hydrogens is 272 g/mol. The van der Waals surface area contributed by atoms with Crippen molar-refractivity contribution in [2.24, 2.45) is 5.73 Å². The Hall–Kier alpha value is -2.41. The Morgan fingerprint density at radius 3 is 2.95 bits per heavy atom. The first kappa shape index (κ1) is 13.6. The van der Waals surface area contributed by atoms with Crippen LogP contribution in [-0.2, 0) is 13.2 Å². The van der Waals surface area contributed by atoms with Crippen molar-refractivity contribution in [3.05, 3.63) is 52.1 Å². The minimum Gasteiger partial charge on any atom is -0.487 e. The van der Waals surface area contributed by atoms with Crippen molar-refractivity contribution < 1.29 is 9.66 Å². The van der Waals surface area contributed by atoms with Gasteiger partial charge in [-0.2, -0.15) is 0 Å². The summed E-state index contributed by atoms with van der Waals surface area (Å²) in [6.45, 7) is 0.570. The number of nitrogens with zero attached hydrogens (tertiary/aromatic N) is 3. The number of hydrogen-bond donors (Lipinski definition) is 1. The van der Waals surface area contributed by atoms with Crippen LogP contribution < -0.4 is 10.5 Å². The van der Waals surface area contributed by atoms with Crippen LogP contribution in [0.3, 0.4) is 0 Å². The molecule has 2 N–H and O–H groups in total. The van der Waals surface area contributed by atoms with Crippen LogP contribution in [0.15, 0.2) is 30.7 Å². The van der Waals surface area contributed by atoms with Gasteiger partial charge in [0, 0.05) is 30.3 Å². The van der Waals surface area contributed by atoms with Crippen LogP contribution in [0.25, 0.3) is 0 Å². The molecule has 21 heavy (non-hydrogen) atoms. The topological polar surface area (TPSA) is 96.2 Å². The van der Waals surface area contributed by atoms with Crippen LogP contribution in [0.2, 0.25) is 0 Å². The zero-order chi connectivity index (χ0) is 14.8. The smallest absolute Gasteiger partial charge is 0.270 e. The number of benzene rings is 1. The molecule has 0 bridgehead atoms. The molecule has 3 rings (SSSR count). The van der Waals surface area contributed by atoms with Gasteiger partial charge in [0.05, 0.1) is 23.1 Å². The van der Waals surface area contributed by atoms with E-state index in [1.165, 1.54) is 25.0 Å². The number of hydrogen-bond acceptors (Lipinski definition) is 5. The third-order valence-electron chi connectivity index (χ3n) is 3.54. The summed E-state index contributed by atoms with van der Waals surface area (Å²) in [7, 11) is 0. The summed E-state index contributed by atoms with van der Waals surface area (Å²) < 4.78 is 7.88. The normalized spacial score (nSPS) is 14.1. The molecule has 1 aliphatic rings. The van der Waals surface area contributed by atoms with Gasteiger partial charge >= 0.3 is 0 Å². The van der Waals surface area contributed by atoms with Gasteiger partial charge in [-0.3, -0.25) is 10.1 Å². The highest BCUT2D eigenvalue weighted by Crippen LogP contribution is 2.36. The molecule has 1 saturated carbocycles. The largest absolute Gasteiger partial charge is 0.487 e. The molecule has 0 unspecified atom stereocenters. The van der Waals surface area contributed by atoms with Crippen molar-refractivity contribution >= 4 is 5.69 Å². The lowest BCUT2D eigenvalue weighted by molar-refractivity contribution is -0.384. The summed E-state index contributed by atoms with van der Waals surface area (Å²) in [5.74, 6) is 0.576. The van der Waals surface area contributed by atoms with Gasteiger partial charge in [-0.1, -0.05) is 0 Å². The highest BCUT2D eigenvalue weighted by Gasteiger charge is 2.25. The Kier molecular flexibility index (Phi) is 3.57. The molecule has 0 saturated heterocycles. The maximum atomic E-state index is 10.8. The highest BCUT2D eigenvalue weighted by atomic mass is 16.6. The molecule has 1 aromatic heterocycles. The SMILES string of the molecule is NCc1cc([N+](=O)[O-])ccc1OCc1cncn1C1CC1. The molecule has 1 heterocycles. The van der Waals surface area contributed by atoms with E-state index >= 15 is 0 Å². The van der Waals surface area contributed by atoms with E-state index < -0.39 is 4.92 Å². The molecule has 7 heteroatoms. The third kappa shape index (κ3) is 2.87. The van der Waals surface area contributed by atoms with Gasteiger partial charge in [0.2, 0.25) is 0 Å². The fourth-order valence-electron chi connectivity index (χ4n) is 2.26. The molecule has 0 radical (unpaired) electrons. The molecular formula is C14H16N4O3. The summed E-state index contributed by atoms with van der Waals surface area (Å²) >= 11 is 0. The lowest BCUT2D eigenvalue weighted by atomic mass is 10.2. The Morgan fingerprint density at radius 2 is 2.29 bits per heavy atom. The van der Waals surface area contributed by atoms with E-state index in [2.05, 4.69) is 9.55 Å².